The highest BCUT2D eigenvalue weighted by Crippen LogP contribution is 2.70. The Bertz CT molecular complexity index is 1430. The highest BCUT2D eigenvalue weighted by atomic mass is 19.1. The van der Waals surface area contributed by atoms with Gasteiger partial charge in [0.05, 0.1) is 12.5 Å². The summed E-state index contributed by atoms with van der Waals surface area (Å²) in [7, 11) is 1.67. The normalized spacial score (nSPS) is 33.6. The molecule has 2 aromatic carbocycles. The van der Waals surface area contributed by atoms with E-state index in [0.29, 0.717) is 31.7 Å². The van der Waals surface area contributed by atoms with E-state index in [1.54, 1.807) is 7.11 Å². The minimum absolute atomic E-state index is 0.0144. The van der Waals surface area contributed by atoms with Gasteiger partial charge in [0.2, 0.25) is 11.8 Å². The maximum absolute atomic E-state index is 14.6. The number of methoxy groups -OCH3 is 1. The summed E-state index contributed by atoms with van der Waals surface area (Å²) in [4.78, 5) is 21.0. The Morgan fingerprint density at radius 3 is 2.33 bits per heavy atom. The Labute approximate surface area is 234 Å². The molecule has 208 valence electrons. The topological polar surface area (TPSA) is 68.5 Å². The van der Waals surface area contributed by atoms with E-state index in [2.05, 4.69) is 17.3 Å². The first-order valence-electron chi connectivity index (χ1n) is 14.9. The van der Waals surface area contributed by atoms with Crippen molar-refractivity contribution in [2.24, 2.45) is 10.8 Å². The Balaban J connectivity index is 1.07. The van der Waals surface area contributed by atoms with E-state index >= 15 is 0 Å². The number of halogens is 1. The fourth-order valence-electron chi connectivity index (χ4n) is 8.21. The number of rotatable bonds is 8. The molecule has 7 aliphatic rings. The van der Waals surface area contributed by atoms with Crippen molar-refractivity contribution in [3.8, 4) is 16.9 Å². The summed E-state index contributed by atoms with van der Waals surface area (Å²) in [6, 6.07) is 16.3. The molecular weight excluding hydrogens is 505 g/mol. The number of hydrogen-bond acceptors (Lipinski definition) is 5. The SMILES string of the molecule is COc1ccc(-c2cccc(N(CC34CCC(c5nc(C6CC6)no5)(CC3)CC4)C(=O)C34CC(F)(C3)C4)c2)cc1. The second-order valence-electron chi connectivity index (χ2n) is 13.6. The van der Waals surface area contributed by atoms with E-state index in [4.69, 9.17) is 14.2 Å². The first kappa shape index (κ1) is 24.6. The standard InChI is InChI=1S/C33H36FN3O3/c1-39-26-9-7-22(8-10-26)24-3-2-4-25(17-24)37(29(38)32-18-33(34,19-32)20-32)21-30-11-14-31(15-12-30,16-13-30)28-35-27(36-40-28)23-5-6-23/h2-4,7-10,17,23H,5-6,11-16,18-21H2,1H3. The van der Waals surface area contributed by atoms with Crippen LogP contribution in [0, 0.1) is 10.8 Å². The van der Waals surface area contributed by atoms with E-state index in [1.165, 1.54) is 12.8 Å². The van der Waals surface area contributed by atoms with E-state index in [1.807, 2.05) is 41.3 Å². The van der Waals surface area contributed by atoms with Gasteiger partial charge in [-0.3, -0.25) is 4.79 Å². The molecule has 1 amide bonds. The van der Waals surface area contributed by atoms with Crippen LogP contribution in [0.1, 0.15) is 88.3 Å². The van der Waals surface area contributed by atoms with Crippen LogP contribution in [0.15, 0.2) is 53.1 Å². The Hall–Kier alpha value is -3.22. The monoisotopic (exact) mass is 541 g/mol. The van der Waals surface area contributed by atoms with Crippen molar-refractivity contribution >= 4 is 11.6 Å². The maximum Gasteiger partial charge on any atom is 0.233 e. The molecule has 0 radical (unpaired) electrons. The van der Waals surface area contributed by atoms with Crippen LogP contribution >= 0.6 is 0 Å². The number of anilines is 1. The first-order chi connectivity index (χ1) is 19.3. The highest BCUT2D eigenvalue weighted by Gasteiger charge is 2.73. The molecule has 0 aliphatic heterocycles. The fourth-order valence-corrected chi connectivity index (χ4v) is 8.21. The van der Waals surface area contributed by atoms with Crippen LogP contribution in [0.5, 0.6) is 5.75 Å². The third kappa shape index (κ3) is 3.76. The van der Waals surface area contributed by atoms with Crippen molar-refractivity contribution in [3.05, 3.63) is 60.2 Å². The van der Waals surface area contributed by atoms with Crippen LogP contribution in [0.2, 0.25) is 0 Å². The number of benzene rings is 2. The number of amides is 1. The molecule has 0 atom stereocenters. The van der Waals surface area contributed by atoms with E-state index in [-0.39, 0.29) is 16.7 Å². The summed E-state index contributed by atoms with van der Waals surface area (Å²) in [5.41, 5.74) is 1.47. The smallest absolute Gasteiger partial charge is 0.233 e. The van der Waals surface area contributed by atoms with Gasteiger partial charge >= 0.3 is 0 Å². The number of hydrogen-bond donors (Lipinski definition) is 0. The number of carbonyl (C=O) groups is 1. The van der Waals surface area contributed by atoms with Crippen LogP contribution < -0.4 is 9.64 Å². The predicted molar refractivity (Wildman–Crippen MR) is 149 cm³/mol. The number of carbonyl (C=O) groups excluding carboxylic acids is 1. The molecule has 6 nitrogen and oxygen atoms in total. The zero-order valence-corrected chi connectivity index (χ0v) is 23.1. The molecule has 7 heteroatoms. The summed E-state index contributed by atoms with van der Waals surface area (Å²) in [6.45, 7) is 0.687. The van der Waals surface area contributed by atoms with Crippen LogP contribution in [0.3, 0.4) is 0 Å². The van der Waals surface area contributed by atoms with Gasteiger partial charge in [-0.05, 0) is 111 Å². The van der Waals surface area contributed by atoms with Gasteiger partial charge < -0.3 is 14.2 Å². The molecule has 1 heterocycles. The summed E-state index contributed by atoms with van der Waals surface area (Å²) in [5.74, 6) is 3.15. The van der Waals surface area contributed by atoms with Gasteiger partial charge in [-0.25, -0.2) is 4.39 Å². The summed E-state index contributed by atoms with van der Waals surface area (Å²) in [6.07, 6.45) is 9.65. The second-order valence-corrected chi connectivity index (χ2v) is 13.6. The van der Waals surface area contributed by atoms with Crippen molar-refractivity contribution in [1.82, 2.24) is 10.1 Å². The molecule has 7 fully saturated rings. The second kappa shape index (κ2) is 8.40. The molecule has 0 saturated heterocycles. The zero-order chi connectivity index (χ0) is 27.2. The molecule has 0 N–H and O–H groups in total. The number of fused-ring (bicyclic) bond motifs is 3. The third-order valence-electron chi connectivity index (χ3n) is 11.0. The van der Waals surface area contributed by atoms with Gasteiger partial charge in [-0.15, -0.1) is 0 Å². The summed E-state index contributed by atoms with van der Waals surface area (Å²) in [5, 5.41) is 4.31. The summed E-state index contributed by atoms with van der Waals surface area (Å²) >= 11 is 0. The van der Waals surface area contributed by atoms with Crippen LogP contribution in [0.25, 0.3) is 11.1 Å². The summed E-state index contributed by atoms with van der Waals surface area (Å²) < 4.78 is 25.7. The Kier molecular flexibility index (Phi) is 5.16. The van der Waals surface area contributed by atoms with Crippen LogP contribution in [-0.2, 0) is 10.2 Å². The van der Waals surface area contributed by atoms with Crippen molar-refractivity contribution in [1.29, 1.82) is 0 Å². The number of ether oxygens (including phenoxy) is 1. The first-order valence-corrected chi connectivity index (χ1v) is 14.9. The Morgan fingerprint density at radius 1 is 1.00 bits per heavy atom. The lowest BCUT2D eigenvalue weighted by Crippen LogP contribution is -2.71. The number of nitrogens with zero attached hydrogens (tertiary/aromatic N) is 3. The molecule has 7 saturated carbocycles. The molecule has 3 aromatic rings. The van der Waals surface area contributed by atoms with Gasteiger partial charge in [0.15, 0.2) is 5.82 Å². The molecule has 7 aliphatic carbocycles. The number of aromatic nitrogens is 2. The molecule has 0 unspecified atom stereocenters. The minimum Gasteiger partial charge on any atom is -0.497 e. The van der Waals surface area contributed by atoms with Crippen molar-refractivity contribution in [2.45, 2.75) is 87.6 Å². The minimum atomic E-state index is -1.11. The lowest BCUT2D eigenvalue weighted by Gasteiger charge is -2.65. The molecule has 10 rings (SSSR count). The maximum atomic E-state index is 14.6. The Morgan fingerprint density at radius 2 is 1.70 bits per heavy atom. The van der Waals surface area contributed by atoms with Crippen molar-refractivity contribution < 1.29 is 18.4 Å². The largest absolute Gasteiger partial charge is 0.497 e. The van der Waals surface area contributed by atoms with Gasteiger partial charge in [0, 0.05) is 23.6 Å². The van der Waals surface area contributed by atoms with Crippen molar-refractivity contribution in [3.63, 3.8) is 0 Å². The van der Waals surface area contributed by atoms with Crippen molar-refractivity contribution in [2.75, 3.05) is 18.6 Å². The predicted octanol–water partition coefficient (Wildman–Crippen LogP) is 7.14. The van der Waals surface area contributed by atoms with Gasteiger partial charge in [0.25, 0.3) is 0 Å². The van der Waals surface area contributed by atoms with Gasteiger partial charge in [0.1, 0.15) is 11.4 Å². The molecule has 1 aromatic heterocycles. The molecule has 0 spiro atoms. The van der Waals surface area contributed by atoms with E-state index in [9.17, 15) is 9.18 Å². The average molecular weight is 542 g/mol. The molecular formula is C33H36FN3O3. The van der Waals surface area contributed by atoms with Gasteiger partial charge in [-0.2, -0.15) is 4.98 Å². The highest BCUT2D eigenvalue weighted by molar-refractivity contribution is 6.00. The fraction of sp³-hybridized carbons (Fsp3) is 0.545. The zero-order valence-electron chi connectivity index (χ0n) is 23.1. The lowest BCUT2D eigenvalue weighted by molar-refractivity contribution is -0.211. The lowest BCUT2D eigenvalue weighted by atomic mass is 9.41. The van der Waals surface area contributed by atoms with Crippen LogP contribution in [0.4, 0.5) is 10.1 Å². The quantitative estimate of drug-likeness (QED) is 0.303. The molecule has 40 heavy (non-hydrogen) atoms. The van der Waals surface area contributed by atoms with E-state index < -0.39 is 11.1 Å². The van der Waals surface area contributed by atoms with E-state index in [0.717, 1.165) is 72.8 Å². The number of alkyl halides is 1. The third-order valence-corrected chi connectivity index (χ3v) is 11.0. The molecule has 4 bridgehead atoms. The van der Waals surface area contributed by atoms with Crippen LogP contribution in [-0.4, -0.2) is 35.4 Å². The van der Waals surface area contributed by atoms with Gasteiger partial charge in [-0.1, -0.05) is 29.4 Å². The average Bonchev–Trinajstić information content (AvgIpc) is 3.70.